The van der Waals surface area contributed by atoms with Crippen LogP contribution in [-0.4, -0.2) is 90.9 Å². The van der Waals surface area contributed by atoms with Crippen molar-refractivity contribution in [2.24, 2.45) is 28.6 Å². The second kappa shape index (κ2) is 20.9. The van der Waals surface area contributed by atoms with Crippen molar-refractivity contribution in [3.8, 4) is 0 Å². The molecule has 0 aromatic rings. The first kappa shape index (κ1) is 44.8. The number of likely N-dealkylation sites (tertiary alicyclic amines) is 1. The first-order chi connectivity index (χ1) is 25.5. The van der Waals surface area contributed by atoms with Crippen LogP contribution in [0.15, 0.2) is 12.7 Å². The Hall–Kier alpha value is -3.64. The van der Waals surface area contributed by atoms with Crippen LogP contribution in [0.5, 0.6) is 0 Å². The number of ketones is 1. The first-order valence-electron chi connectivity index (χ1n) is 20.5. The highest BCUT2D eigenvalue weighted by Gasteiger charge is 2.50. The second-order valence-corrected chi connectivity index (χ2v) is 17.6. The SMILES string of the molecule is C=CCNC(=O)C(=O)C(CCC)NC(=O)C1[C@@H](C(C)C)CCN1C(=O)C(NC(=O)NC(COC(=O)NCC1CCCCC1)C(C)(C)C)C1(C)CCCCC1. The van der Waals surface area contributed by atoms with Gasteiger partial charge < -0.3 is 36.2 Å². The number of hydrogen-bond acceptors (Lipinski definition) is 7. The third kappa shape index (κ3) is 12.7. The highest BCUT2D eigenvalue weighted by Crippen LogP contribution is 2.41. The molecule has 0 spiro atoms. The van der Waals surface area contributed by atoms with Gasteiger partial charge in [-0.3, -0.25) is 19.2 Å². The number of nitrogens with zero attached hydrogens (tertiary/aromatic N) is 1. The van der Waals surface area contributed by atoms with Crippen LogP contribution in [0.25, 0.3) is 0 Å². The van der Waals surface area contributed by atoms with Crippen molar-refractivity contribution in [2.45, 2.75) is 156 Å². The lowest BCUT2D eigenvalue weighted by atomic mass is 9.70. The molecule has 2 saturated carbocycles. The van der Waals surface area contributed by atoms with E-state index in [0.717, 1.165) is 44.9 Å². The summed E-state index contributed by atoms with van der Waals surface area (Å²) < 4.78 is 5.60. The molecular formula is C41H70N6O7. The fraction of sp³-hybridized carbons (Fsp3) is 0.805. The van der Waals surface area contributed by atoms with E-state index < -0.39 is 64.7 Å². The number of Topliss-reactive ketones (excluding diaryl/α,β-unsaturated/α-hetero) is 1. The molecule has 1 aliphatic heterocycles. The number of carbonyl (C=O) groups excluding carboxylic acids is 6. The van der Waals surface area contributed by atoms with E-state index in [4.69, 9.17) is 4.74 Å². The van der Waals surface area contributed by atoms with Gasteiger partial charge in [-0.1, -0.05) is 99.5 Å². The molecule has 0 aromatic carbocycles. The molecule has 1 heterocycles. The molecule has 306 valence electrons. The van der Waals surface area contributed by atoms with Crippen LogP contribution in [-0.2, 0) is 23.9 Å². The Morgan fingerprint density at radius 3 is 2.15 bits per heavy atom. The Bertz CT molecular complexity index is 1300. The van der Waals surface area contributed by atoms with Crippen molar-refractivity contribution in [1.82, 2.24) is 31.5 Å². The van der Waals surface area contributed by atoms with E-state index in [2.05, 4.69) is 33.2 Å². The van der Waals surface area contributed by atoms with Gasteiger partial charge in [0, 0.05) is 19.6 Å². The summed E-state index contributed by atoms with van der Waals surface area (Å²) in [5, 5.41) is 14.3. The maximum Gasteiger partial charge on any atom is 0.407 e. The van der Waals surface area contributed by atoms with Crippen molar-refractivity contribution in [3.05, 3.63) is 12.7 Å². The van der Waals surface area contributed by atoms with Gasteiger partial charge in [0.15, 0.2) is 0 Å². The van der Waals surface area contributed by atoms with E-state index in [1.807, 2.05) is 48.5 Å². The van der Waals surface area contributed by atoms with Gasteiger partial charge in [-0.25, -0.2) is 9.59 Å². The fourth-order valence-electron chi connectivity index (χ4n) is 8.34. The number of carbonyl (C=O) groups is 6. The van der Waals surface area contributed by atoms with Crippen LogP contribution in [0.3, 0.4) is 0 Å². The molecule has 0 radical (unpaired) electrons. The molecule has 3 rings (SSSR count). The van der Waals surface area contributed by atoms with Gasteiger partial charge in [0.2, 0.25) is 17.6 Å². The lowest BCUT2D eigenvalue weighted by molar-refractivity contribution is -0.145. The first-order valence-corrected chi connectivity index (χ1v) is 20.5. The summed E-state index contributed by atoms with van der Waals surface area (Å²) in [6, 6.07) is -3.97. The molecule has 54 heavy (non-hydrogen) atoms. The van der Waals surface area contributed by atoms with Crippen molar-refractivity contribution >= 4 is 35.6 Å². The van der Waals surface area contributed by atoms with Crippen molar-refractivity contribution in [2.75, 3.05) is 26.2 Å². The molecule has 5 N–H and O–H groups in total. The van der Waals surface area contributed by atoms with Crippen LogP contribution in [0.1, 0.15) is 132 Å². The molecule has 1 saturated heterocycles. The summed E-state index contributed by atoms with van der Waals surface area (Å²) in [4.78, 5) is 82.8. The van der Waals surface area contributed by atoms with Crippen LogP contribution in [0.2, 0.25) is 0 Å². The smallest absolute Gasteiger partial charge is 0.407 e. The van der Waals surface area contributed by atoms with Crippen molar-refractivity contribution in [3.63, 3.8) is 0 Å². The molecule has 0 bridgehead atoms. The Morgan fingerprint density at radius 2 is 1.56 bits per heavy atom. The predicted molar refractivity (Wildman–Crippen MR) is 209 cm³/mol. The van der Waals surface area contributed by atoms with E-state index in [-0.39, 0.29) is 37.3 Å². The van der Waals surface area contributed by atoms with Crippen LogP contribution in [0, 0.1) is 28.6 Å². The van der Waals surface area contributed by atoms with E-state index in [1.165, 1.54) is 25.3 Å². The maximum atomic E-state index is 14.8. The average molecular weight is 759 g/mol. The van der Waals surface area contributed by atoms with Crippen LogP contribution >= 0.6 is 0 Å². The molecule has 2 aliphatic carbocycles. The Balaban J connectivity index is 1.80. The highest BCUT2D eigenvalue weighted by molar-refractivity contribution is 6.38. The molecule has 13 nitrogen and oxygen atoms in total. The molecule has 3 aliphatic rings. The summed E-state index contributed by atoms with van der Waals surface area (Å²) in [7, 11) is 0. The van der Waals surface area contributed by atoms with Crippen LogP contribution in [0.4, 0.5) is 9.59 Å². The summed E-state index contributed by atoms with van der Waals surface area (Å²) >= 11 is 0. The number of hydrogen-bond donors (Lipinski definition) is 5. The van der Waals surface area contributed by atoms with Gasteiger partial charge >= 0.3 is 12.1 Å². The highest BCUT2D eigenvalue weighted by atomic mass is 16.5. The minimum absolute atomic E-state index is 0.0437. The van der Waals surface area contributed by atoms with Gasteiger partial charge in [0.25, 0.3) is 5.91 Å². The quantitative estimate of drug-likeness (QED) is 0.0979. The minimum atomic E-state index is -1.04. The molecule has 5 atom stereocenters. The summed E-state index contributed by atoms with van der Waals surface area (Å²) in [6.45, 7) is 18.3. The van der Waals surface area contributed by atoms with Gasteiger partial charge in [0.1, 0.15) is 18.7 Å². The number of urea groups is 1. The number of rotatable bonds is 17. The Labute approximate surface area is 323 Å². The molecule has 4 unspecified atom stereocenters. The molecule has 6 amide bonds. The van der Waals surface area contributed by atoms with Crippen molar-refractivity contribution in [1.29, 1.82) is 0 Å². The maximum absolute atomic E-state index is 14.8. The number of amides is 6. The lowest BCUT2D eigenvalue weighted by Gasteiger charge is -2.43. The molecule has 3 fully saturated rings. The predicted octanol–water partition coefficient (Wildman–Crippen LogP) is 5.38. The molecule has 0 aromatic heterocycles. The minimum Gasteiger partial charge on any atom is -0.447 e. The van der Waals surface area contributed by atoms with Gasteiger partial charge in [0.05, 0.1) is 12.1 Å². The van der Waals surface area contributed by atoms with Crippen molar-refractivity contribution < 1.29 is 33.5 Å². The monoisotopic (exact) mass is 759 g/mol. The zero-order valence-electron chi connectivity index (χ0n) is 34.2. The third-order valence-corrected chi connectivity index (χ3v) is 11.9. The Morgan fingerprint density at radius 1 is 0.907 bits per heavy atom. The standard InChI is InChI=1S/C41H70N6O7/c1-9-17-30(33(48)36(50)42-23-10-2)44-35(49)32-29(27(3)4)20-24-47(32)37(51)34(41(8)21-15-12-16-22-41)46-38(52)45-31(40(5,6)7)26-54-39(53)43-25-28-18-13-11-14-19-28/h10,27-32,34H,2,9,11-26H2,1,3-8H3,(H,42,50)(H,43,53)(H,44,49)(H2,45,46,52)/t29-,30?,31?,32?,34?/m1/s1. The van der Waals surface area contributed by atoms with E-state index >= 15 is 0 Å². The number of alkyl carbamates (subject to hydrolysis) is 1. The summed E-state index contributed by atoms with van der Waals surface area (Å²) in [6.07, 6.45) is 12.4. The average Bonchev–Trinajstić information content (AvgIpc) is 3.59. The van der Waals surface area contributed by atoms with Gasteiger partial charge in [-0.05, 0) is 67.1 Å². The lowest BCUT2D eigenvalue weighted by Crippen LogP contribution is -2.63. The second-order valence-electron chi connectivity index (χ2n) is 17.6. The number of ether oxygens (including phenoxy) is 1. The van der Waals surface area contributed by atoms with E-state index in [9.17, 15) is 28.8 Å². The summed E-state index contributed by atoms with van der Waals surface area (Å²) in [5.41, 5.74) is -1.05. The normalized spacial score (nSPS) is 22.0. The van der Waals surface area contributed by atoms with Crippen LogP contribution < -0.4 is 26.6 Å². The third-order valence-electron chi connectivity index (χ3n) is 11.9. The number of nitrogens with one attached hydrogen (secondary N) is 5. The summed E-state index contributed by atoms with van der Waals surface area (Å²) in [5.74, 6) is -2.06. The van der Waals surface area contributed by atoms with E-state index in [0.29, 0.717) is 31.8 Å². The van der Waals surface area contributed by atoms with E-state index in [1.54, 1.807) is 4.90 Å². The largest absolute Gasteiger partial charge is 0.447 e. The van der Waals surface area contributed by atoms with Gasteiger partial charge in [-0.2, -0.15) is 0 Å². The fourth-order valence-corrected chi connectivity index (χ4v) is 8.34. The Kier molecular flexibility index (Phi) is 17.3. The van der Waals surface area contributed by atoms with Gasteiger partial charge in [-0.15, -0.1) is 6.58 Å². The molecular weight excluding hydrogens is 688 g/mol. The topological polar surface area (TPSA) is 175 Å². The zero-order chi connectivity index (χ0) is 40.1. The zero-order valence-corrected chi connectivity index (χ0v) is 34.2. The molecule has 13 heteroatoms.